The summed E-state index contributed by atoms with van der Waals surface area (Å²) in [6, 6.07) is 59.7. The van der Waals surface area contributed by atoms with E-state index in [1.54, 1.807) is 6.07 Å². The van der Waals surface area contributed by atoms with Crippen LogP contribution in [-0.4, -0.2) is 19.5 Å². The van der Waals surface area contributed by atoms with Gasteiger partial charge in [-0.3, -0.25) is 4.57 Å². The van der Waals surface area contributed by atoms with E-state index in [1.807, 2.05) is 48.5 Å². The lowest BCUT2D eigenvalue weighted by molar-refractivity contribution is 0.795. The molecule has 0 amide bonds. The number of nitrogens with zero attached hydrogens (tertiary/aromatic N) is 5. The molecular formula is C47H27N5. The molecule has 7 aromatic carbocycles. The monoisotopic (exact) mass is 661 g/mol. The predicted octanol–water partition coefficient (Wildman–Crippen LogP) is 10.5. The Morgan fingerprint density at radius 3 is 1.71 bits per heavy atom. The van der Waals surface area contributed by atoms with Gasteiger partial charge in [0.25, 0.3) is 0 Å². The van der Waals surface area contributed by atoms with Crippen molar-refractivity contribution in [2.45, 2.75) is 5.41 Å². The lowest BCUT2D eigenvalue weighted by Crippen LogP contribution is -2.25. The van der Waals surface area contributed by atoms with Crippen molar-refractivity contribution in [1.82, 2.24) is 19.5 Å². The van der Waals surface area contributed by atoms with Gasteiger partial charge in [-0.2, -0.15) is 15.2 Å². The number of rotatable bonds is 3. The van der Waals surface area contributed by atoms with Crippen LogP contribution in [0.15, 0.2) is 164 Å². The van der Waals surface area contributed by atoms with Gasteiger partial charge in [0.2, 0.25) is 5.95 Å². The van der Waals surface area contributed by atoms with Crippen molar-refractivity contribution in [2.24, 2.45) is 0 Å². The van der Waals surface area contributed by atoms with Crippen LogP contribution in [0.25, 0.3) is 72.8 Å². The summed E-state index contributed by atoms with van der Waals surface area (Å²) in [7, 11) is 0. The molecule has 0 unspecified atom stereocenters. The van der Waals surface area contributed by atoms with Gasteiger partial charge in [0.05, 0.1) is 28.1 Å². The van der Waals surface area contributed by atoms with Gasteiger partial charge in [-0.05, 0) is 74.8 Å². The van der Waals surface area contributed by atoms with Crippen molar-refractivity contribution in [3.05, 3.63) is 192 Å². The molecule has 0 atom stereocenters. The Labute approximate surface area is 299 Å². The Kier molecular flexibility index (Phi) is 5.88. The molecule has 2 aliphatic carbocycles. The minimum absolute atomic E-state index is 0.441. The molecule has 0 saturated heterocycles. The first kappa shape index (κ1) is 28.7. The Hall–Kier alpha value is -7.16. The van der Waals surface area contributed by atoms with Crippen LogP contribution in [0.3, 0.4) is 0 Å². The fourth-order valence-electron chi connectivity index (χ4n) is 8.81. The van der Waals surface area contributed by atoms with E-state index >= 15 is 0 Å². The molecule has 0 bridgehead atoms. The summed E-state index contributed by atoms with van der Waals surface area (Å²) >= 11 is 0. The van der Waals surface area contributed by atoms with Crippen LogP contribution in [0.1, 0.15) is 27.8 Å². The molecule has 240 valence electrons. The third-order valence-corrected chi connectivity index (χ3v) is 10.9. The molecule has 1 spiro atoms. The molecule has 2 aromatic heterocycles. The molecule has 9 aromatic rings. The summed E-state index contributed by atoms with van der Waals surface area (Å²) in [5.41, 5.74) is 14.0. The van der Waals surface area contributed by atoms with E-state index < -0.39 is 5.41 Å². The van der Waals surface area contributed by atoms with E-state index in [4.69, 9.17) is 15.0 Å². The summed E-state index contributed by atoms with van der Waals surface area (Å²) < 4.78 is 2.18. The first-order valence-electron chi connectivity index (χ1n) is 17.4. The highest BCUT2D eigenvalue weighted by Gasteiger charge is 2.51. The highest BCUT2D eigenvalue weighted by molar-refractivity contribution is 6.12. The average Bonchev–Trinajstić information content (AvgIpc) is 3.81. The van der Waals surface area contributed by atoms with Crippen molar-refractivity contribution in [1.29, 1.82) is 5.26 Å². The zero-order valence-corrected chi connectivity index (χ0v) is 27.8. The summed E-state index contributed by atoms with van der Waals surface area (Å²) in [5, 5.41) is 12.0. The largest absolute Gasteiger partial charge is 0.278 e. The molecule has 0 radical (unpaired) electrons. The first-order valence-corrected chi connectivity index (χ1v) is 17.4. The zero-order valence-electron chi connectivity index (χ0n) is 27.8. The van der Waals surface area contributed by atoms with Gasteiger partial charge in [-0.25, -0.2) is 4.98 Å². The van der Waals surface area contributed by atoms with Crippen LogP contribution in [0.4, 0.5) is 0 Å². The number of aromatic nitrogens is 4. The molecular weight excluding hydrogens is 635 g/mol. The summed E-state index contributed by atoms with van der Waals surface area (Å²) in [6.07, 6.45) is 0. The third-order valence-electron chi connectivity index (χ3n) is 10.9. The number of hydrogen-bond acceptors (Lipinski definition) is 4. The lowest BCUT2D eigenvalue weighted by atomic mass is 9.70. The maximum absolute atomic E-state index is 9.71. The normalized spacial score (nSPS) is 13.1. The van der Waals surface area contributed by atoms with Crippen molar-refractivity contribution < 1.29 is 0 Å². The number of nitriles is 1. The molecule has 0 saturated carbocycles. The Morgan fingerprint density at radius 1 is 0.442 bits per heavy atom. The fraction of sp³-hybridized carbons (Fsp3) is 0.0213. The second-order valence-electron chi connectivity index (χ2n) is 13.5. The number of para-hydroxylation sites is 1. The van der Waals surface area contributed by atoms with Crippen LogP contribution in [-0.2, 0) is 5.41 Å². The fourth-order valence-corrected chi connectivity index (χ4v) is 8.81. The Balaban J connectivity index is 1.24. The van der Waals surface area contributed by atoms with Gasteiger partial charge in [-0.1, -0.05) is 133 Å². The van der Waals surface area contributed by atoms with Crippen LogP contribution in [0.2, 0.25) is 0 Å². The minimum Gasteiger partial charge on any atom is -0.278 e. The van der Waals surface area contributed by atoms with E-state index in [0.29, 0.717) is 23.2 Å². The highest BCUT2D eigenvalue weighted by atomic mass is 15.2. The van der Waals surface area contributed by atoms with Gasteiger partial charge in [0.15, 0.2) is 11.6 Å². The molecule has 5 heteroatoms. The molecule has 0 N–H and O–H groups in total. The van der Waals surface area contributed by atoms with Crippen molar-refractivity contribution in [3.63, 3.8) is 0 Å². The quantitative estimate of drug-likeness (QED) is 0.189. The van der Waals surface area contributed by atoms with Crippen LogP contribution in [0, 0.1) is 11.3 Å². The van der Waals surface area contributed by atoms with Gasteiger partial charge in [-0.15, -0.1) is 0 Å². The molecule has 2 aliphatic rings. The maximum Gasteiger partial charge on any atom is 0.238 e. The minimum atomic E-state index is -0.441. The van der Waals surface area contributed by atoms with E-state index in [9.17, 15) is 5.26 Å². The molecule has 0 fully saturated rings. The second kappa shape index (κ2) is 10.7. The maximum atomic E-state index is 9.71. The van der Waals surface area contributed by atoms with Crippen LogP contribution < -0.4 is 0 Å². The zero-order chi connectivity index (χ0) is 34.4. The molecule has 11 rings (SSSR count). The topological polar surface area (TPSA) is 67.4 Å². The van der Waals surface area contributed by atoms with Crippen molar-refractivity contribution in [3.8, 4) is 57.0 Å². The smallest absolute Gasteiger partial charge is 0.238 e. The number of fused-ring (bicyclic) bond motifs is 13. The number of benzene rings is 7. The van der Waals surface area contributed by atoms with E-state index in [2.05, 4.69) is 120 Å². The molecule has 2 heterocycles. The first-order chi connectivity index (χ1) is 25.7. The van der Waals surface area contributed by atoms with E-state index in [0.717, 1.165) is 32.9 Å². The van der Waals surface area contributed by atoms with Gasteiger partial charge in [0, 0.05) is 21.9 Å². The Bertz CT molecular complexity index is 2940. The third kappa shape index (κ3) is 3.78. The van der Waals surface area contributed by atoms with Crippen molar-refractivity contribution >= 4 is 21.8 Å². The van der Waals surface area contributed by atoms with Gasteiger partial charge >= 0.3 is 0 Å². The number of hydrogen-bond donors (Lipinski definition) is 0. The van der Waals surface area contributed by atoms with Gasteiger partial charge in [0.1, 0.15) is 0 Å². The molecule has 0 aliphatic heterocycles. The van der Waals surface area contributed by atoms with E-state index in [1.165, 1.54) is 44.5 Å². The summed E-state index contributed by atoms with van der Waals surface area (Å²) in [5.74, 6) is 1.60. The standard InChI is InChI=1S/C47H27N5/c48-28-29-13-12-16-31(25-29)45-49-44(30-14-2-1-3-15-30)50-46(51-45)52-42-24-11-7-20-35(42)37-26-41-36(27-43(37)52)34-19-6-10-23-40(34)47(41)38-21-8-4-17-32(38)33-18-5-9-22-39(33)47/h1-27H. The average molecular weight is 662 g/mol. The second-order valence-corrected chi connectivity index (χ2v) is 13.5. The highest BCUT2D eigenvalue weighted by Crippen LogP contribution is 2.63. The molecule has 52 heavy (non-hydrogen) atoms. The van der Waals surface area contributed by atoms with Crippen LogP contribution >= 0.6 is 0 Å². The summed E-state index contributed by atoms with van der Waals surface area (Å²) in [6.45, 7) is 0. The lowest BCUT2D eigenvalue weighted by Gasteiger charge is -2.30. The van der Waals surface area contributed by atoms with E-state index in [-0.39, 0.29) is 0 Å². The van der Waals surface area contributed by atoms with Gasteiger partial charge < -0.3 is 0 Å². The summed E-state index contributed by atoms with van der Waals surface area (Å²) in [4.78, 5) is 15.3. The van der Waals surface area contributed by atoms with Crippen molar-refractivity contribution in [2.75, 3.05) is 0 Å². The van der Waals surface area contributed by atoms with Crippen LogP contribution in [0.5, 0.6) is 0 Å². The Morgan fingerprint density at radius 2 is 1.02 bits per heavy atom. The SMILES string of the molecule is N#Cc1cccc(-c2nc(-c3ccccc3)nc(-n3c4ccccc4c4cc5c(cc43)-c3ccccc3C53c4ccccc4-c4ccccc43)n2)c1. The predicted molar refractivity (Wildman–Crippen MR) is 206 cm³/mol. The molecule has 5 nitrogen and oxygen atoms in total.